The van der Waals surface area contributed by atoms with Crippen molar-refractivity contribution in [1.82, 2.24) is 0 Å². The van der Waals surface area contributed by atoms with Crippen molar-refractivity contribution in [2.24, 2.45) is 0 Å². The summed E-state index contributed by atoms with van der Waals surface area (Å²) < 4.78 is 68.8. The number of aliphatic hydroxyl groups is 1. The lowest BCUT2D eigenvalue weighted by Crippen LogP contribution is -2.30. The van der Waals surface area contributed by atoms with E-state index in [-0.39, 0.29) is 25.7 Å². The number of rotatable bonds is 82. The first-order valence-corrected chi connectivity index (χ1v) is 45.3. The minimum atomic E-state index is -4.96. The van der Waals surface area contributed by atoms with Crippen LogP contribution in [0.5, 0.6) is 0 Å². The molecule has 0 aromatic carbocycles. The second-order valence-electron chi connectivity index (χ2n) is 29.2. The largest absolute Gasteiger partial charge is 0.472 e. The number of esters is 4. The molecular weight excluding hydrogens is 1310 g/mol. The van der Waals surface area contributed by atoms with Crippen molar-refractivity contribution in [2.75, 3.05) is 39.6 Å². The minimum Gasteiger partial charge on any atom is -0.462 e. The average Bonchev–Trinajstić information content (AvgIpc) is 1.29. The van der Waals surface area contributed by atoms with E-state index in [0.29, 0.717) is 25.7 Å². The highest BCUT2D eigenvalue weighted by atomic mass is 31.2. The zero-order valence-electron chi connectivity index (χ0n) is 65.2. The summed E-state index contributed by atoms with van der Waals surface area (Å²) in [6.45, 7) is 5.04. The predicted molar refractivity (Wildman–Crippen MR) is 409 cm³/mol. The third-order valence-corrected chi connectivity index (χ3v) is 21.0. The second kappa shape index (κ2) is 75.3. The fraction of sp³-hybridized carbons (Fsp3) is 0.951. The summed E-state index contributed by atoms with van der Waals surface area (Å²) in [4.78, 5) is 73.1. The molecule has 0 spiro atoms. The van der Waals surface area contributed by atoms with Crippen molar-refractivity contribution in [3.63, 3.8) is 0 Å². The van der Waals surface area contributed by atoms with Crippen LogP contribution >= 0.6 is 15.6 Å². The molecule has 0 aromatic heterocycles. The van der Waals surface area contributed by atoms with Gasteiger partial charge in [0.1, 0.15) is 19.3 Å². The van der Waals surface area contributed by atoms with E-state index >= 15 is 0 Å². The maximum absolute atomic E-state index is 13.1. The van der Waals surface area contributed by atoms with E-state index in [1.807, 2.05) is 0 Å². The Morgan fingerprint density at radius 3 is 0.590 bits per heavy atom. The molecular formula is C81H158O17P2. The molecule has 2 unspecified atom stereocenters. The van der Waals surface area contributed by atoms with E-state index in [9.17, 15) is 43.2 Å². The molecule has 0 aromatic rings. The van der Waals surface area contributed by atoms with Crippen LogP contribution in [0.4, 0.5) is 0 Å². The van der Waals surface area contributed by atoms with Crippen LogP contribution < -0.4 is 0 Å². The van der Waals surface area contributed by atoms with Crippen molar-refractivity contribution in [2.45, 2.75) is 457 Å². The maximum Gasteiger partial charge on any atom is 0.472 e. The number of hydrogen-bond acceptors (Lipinski definition) is 15. The number of carbonyl (C=O) groups is 4. The van der Waals surface area contributed by atoms with E-state index in [2.05, 4.69) is 27.7 Å². The summed E-state index contributed by atoms with van der Waals surface area (Å²) in [5.74, 6) is -2.10. The first kappa shape index (κ1) is 98.1. The summed E-state index contributed by atoms with van der Waals surface area (Å²) in [5.41, 5.74) is 0. The number of ether oxygens (including phenoxy) is 4. The smallest absolute Gasteiger partial charge is 0.462 e. The number of phosphoric ester groups is 2. The van der Waals surface area contributed by atoms with E-state index in [1.54, 1.807) is 0 Å². The highest BCUT2D eigenvalue weighted by Crippen LogP contribution is 2.45. The molecule has 0 saturated heterocycles. The Morgan fingerprint density at radius 2 is 0.400 bits per heavy atom. The van der Waals surface area contributed by atoms with Gasteiger partial charge in [-0.3, -0.25) is 37.3 Å². The fourth-order valence-electron chi connectivity index (χ4n) is 12.6. The fourth-order valence-corrected chi connectivity index (χ4v) is 14.2. The van der Waals surface area contributed by atoms with Crippen molar-refractivity contribution < 1.29 is 80.2 Å². The molecule has 0 rings (SSSR count). The Balaban J connectivity index is 5.26. The van der Waals surface area contributed by atoms with Crippen LogP contribution in [-0.2, 0) is 65.4 Å². The standard InChI is InChI=1S/C81H158O17P2/c1-5-9-13-17-21-25-29-33-36-38-41-44-48-52-56-60-64-68-81(86)98-77(72-92-79(84)66-62-58-54-50-46-42-40-37-34-30-26-22-18-14-10-6-2)74-96-100(89,90)94-70-75(82)69-93-99(87,88)95-73-76(71-91-78(83)65-61-57-53-49-45-32-28-24-20-16-12-8-4)97-80(85)67-63-59-55-51-47-43-39-35-31-27-23-19-15-11-7-3/h75-77,82H,5-74H2,1-4H3,(H,87,88)(H,89,90)/t75-,76+,77+/m0/s1. The van der Waals surface area contributed by atoms with Gasteiger partial charge in [0, 0.05) is 25.7 Å². The third kappa shape index (κ3) is 74.3. The summed E-state index contributed by atoms with van der Waals surface area (Å²) in [7, 11) is -9.92. The Kier molecular flexibility index (Phi) is 73.8. The van der Waals surface area contributed by atoms with E-state index in [4.69, 9.17) is 37.0 Å². The highest BCUT2D eigenvalue weighted by molar-refractivity contribution is 7.47. The summed E-state index contributed by atoms with van der Waals surface area (Å²) in [6.07, 6.45) is 67.8. The van der Waals surface area contributed by atoms with Gasteiger partial charge in [-0.2, -0.15) is 0 Å². The summed E-state index contributed by atoms with van der Waals surface area (Å²) in [6, 6.07) is 0. The Labute approximate surface area is 613 Å². The molecule has 19 heteroatoms. The van der Waals surface area contributed by atoms with Gasteiger partial charge < -0.3 is 33.8 Å². The van der Waals surface area contributed by atoms with Crippen LogP contribution in [0, 0.1) is 0 Å². The van der Waals surface area contributed by atoms with Gasteiger partial charge in [-0.25, -0.2) is 9.13 Å². The molecule has 0 aliphatic heterocycles. The number of carbonyl (C=O) groups excluding carboxylic acids is 4. The number of phosphoric acid groups is 2. The van der Waals surface area contributed by atoms with Crippen LogP contribution in [-0.4, -0.2) is 96.7 Å². The van der Waals surface area contributed by atoms with Crippen molar-refractivity contribution in [3.05, 3.63) is 0 Å². The molecule has 3 N–H and O–H groups in total. The topological polar surface area (TPSA) is 237 Å². The molecule has 0 fully saturated rings. The molecule has 100 heavy (non-hydrogen) atoms. The van der Waals surface area contributed by atoms with E-state index < -0.39 is 97.5 Å². The lowest BCUT2D eigenvalue weighted by molar-refractivity contribution is -0.161. The van der Waals surface area contributed by atoms with Crippen molar-refractivity contribution >= 4 is 39.5 Å². The third-order valence-electron chi connectivity index (χ3n) is 19.1. The molecule has 0 radical (unpaired) electrons. The quantitative estimate of drug-likeness (QED) is 0.0222. The monoisotopic (exact) mass is 1470 g/mol. The maximum atomic E-state index is 13.1. The van der Waals surface area contributed by atoms with Gasteiger partial charge in [-0.1, -0.05) is 387 Å². The van der Waals surface area contributed by atoms with Gasteiger partial charge in [0.05, 0.1) is 26.4 Å². The van der Waals surface area contributed by atoms with Crippen LogP contribution in [0.2, 0.25) is 0 Å². The van der Waals surface area contributed by atoms with Crippen molar-refractivity contribution in [3.8, 4) is 0 Å². The van der Waals surface area contributed by atoms with Gasteiger partial charge in [0.15, 0.2) is 12.2 Å². The summed E-state index contributed by atoms with van der Waals surface area (Å²) in [5, 5.41) is 10.6. The van der Waals surface area contributed by atoms with Gasteiger partial charge in [0.25, 0.3) is 0 Å². The van der Waals surface area contributed by atoms with Crippen LogP contribution in [0.3, 0.4) is 0 Å². The first-order chi connectivity index (χ1) is 48.7. The molecule has 0 saturated carbocycles. The molecule has 5 atom stereocenters. The number of unbranched alkanes of at least 4 members (excludes halogenated alkanes) is 56. The van der Waals surface area contributed by atoms with Gasteiger partial charge in [-0.05, 0) is 25.7 Å². The van der Waals surface area contributed by atoms with Crippen LogP contribution in [0.15, 0.2) is 0 Å². The zero-order chi connectivity index (χ0) is 73.2. The minimum absolute atomic E-state index is 0.109. The van der Waals surface area contributed by atoms with Gasteiger partial charge in [-0.15, -0.1) is 0 Å². The average molecular weight is 1470 g/mol. The van der Waals surface area contributed by atoms with Gasteiger partial charge in [0.2, 0.25) is 0 Å². The molecule has 0 aliphatic rings. The number of aliphatic hydroxyl groups excluding tert-OH is 1. The van der Waals surface area contributed by atoms with Gasteiger partial charge >= 0.3 is 39.5 Å². The zero-order valence-corrected chi connectivity index (χ0v) is 67.0. The number of hydrogen-bond donors (Lipinski definition) is 3. The van der Waals surface area contributed by atoms with E-state index in [0.717, 1.165) is 89.9 Å². The highest BCUT2D eigenvalue weighted by Gasteiger charge is 2.30. The van der Waals surface area contributed by atoms with Crippen molar-refractivity contribution in [1.29, 1.82) is 0 Å². The lowest BCUT2D eigenvalue weighted by atomic mass is 10.0. The van der Waals surface area contributed by atoms with Crippen LogP contribution in [0.1, 0.15) is 439 Å². The molecule has 0 aliphatic carbocycles. The second-order valence-corrected chi connectivity index (χ2v) is 32.1. The molecule has 0 amide bonds. The Bertz CT molecular complexity index is 1890. The van der Waals surface area contributed by atoms with Crippen LogP contribution in [0.25, 0.3) is 0 Å². The first-order valence-electron chi connectivity index (χ1n) is 42.3. The summed E-state index contributed by atoms with van der Waals surface area (Å²) >= 11 is 0. The predicted octanol–water partition coefficient (Wildman–Crippen LogP) is 24.6. The molecule has 0 bridgehead atoms. The Morgan fingerprint density at radius 1 is 0.240 bits per heavy atom. The Hall–Kier alpha value is -1.94. The molecule has 0 heterocycles. The SMILES string of the molecule is CCCCCCCCCCCCCCCCCCCC(=O)O[C@H](COC(=O)CCCCCCCCCCCCCCCCCC)COP(=O)(O)OC[C@@H](O)COP(=O)(O)OC[C@@H](COC(=O)CCCCCCCCCCCCCC)OC(=O)CCCCCCCCCCCCCCCCC. The lowest BCUT2D eigenvalue weighted by Gasteiger charge is -2.21. The van der Waals surface area contributed by atoms with E-state index in [1.165, 1.54) is 270 Å². The molecule has 17 nitrogen and oxygen atoms in total. The molecule has 594 valence electrons. The normalized spacial score (nSPS) is 13.8.